The molecule has 2 saturated carbocycles. The molecule has 0 aliphatic heterocycles. The second-order valence-corrected chi connectivity index (χ2v) is 7.55. The second-order valence-electron chi connectivity index (χ2n) is 6.77. The van der Waals surface area contributed by atoms with Crippen molar-refractivity contribution in [2.45, 2.75) is 38.6 Å². The summed E-state index contributed by atoms with van der Waals surface area (Å²) in [5.41, 5.74) is 0.175. The highest BCUT2D eigenvalue weighted by atomic mass is 35.5. The lowest BCUT2D eigenvalue weighted by Crippen LogP contribution is -2.42. The Hall–Kier alpha value is -1.33. The smallest absolute Gasteiger partial charge is 0.338 e. The van der Waals surface area contributed by atoms with E-state index in [1.54, 1.807) is 0 Å². The van der Waals surface area contributed by atoms with Crippen LogP contribution in [0.25, 0.3) is 0 Å². The van der Waals surface area contributed by atoms with E-state index >= 15 is 0 Å². The number of fused-ring (bicyclic) bond motifs is 2. The third-order valence-corrected chi connectivity index (χ3v) is 5.54. The van der Waals surface area contributed by atoms with Gasteiger partial charge in [0.25, 0.3) is 5.91 Å². The van der Waals surface area contributed by atoms with Crippen molar-refractivity contribution in [2.75, 3.05) is 6.61 Å². The van der Waals surface area contributed by atoms with Crippen LogP contribution in [0.3, 0.4) is 0 Å². The first kappa shape index (κ1) is 17.5. The van der Waals surface area contributed by atoms with Crippen LogP contribution in [0, 0.1) is 17.8 Å². The topological polar surface area (TPSA) is 68.3 Å². The first-order valence-corrected chi connectivity index (χ1v) is 8.97. The summed E-state index contributed by atoms with van der Waals surface area (Å²) in [6, 6.07) is 2.81. The van der Waals surface area contributed by atoms with E-state index in [9.17, 15) is 9.59 Å². The molecule has 1 amide bonds. The summed E-state index contributed by atoms with van der Waals surface area (Å²) in [6.45, 7) is 1.72. The minimum Gasteiger partial charge on any atom is -0.452 e. The number of pyridine rings is 1. The van der Waals surface area contributed by atoms with Gasteiger partial charge in [0.15, 0.2) is 6.61 Å². The lowest BCUT2D eigenvalue weighted by Gasteiger charge is -2.28. The quantitative estimate of drug-likeness (QED) is 0.636. The molecule has 1 aromatic heterocycles. The predicted octanol–water partition coefficient (Wildman–Crippen LogP) is 3.49. The van der Waals surface area contributed by atoms with E-state index in [0.29, 0.717) is 5.92 Å². The van der Waals surface area contributed by atoms with Crippen LogP contribution in [-0.2, 0) is 9.53 Å². The highest BCUT2D eigenvalue weighted by molar-refractivity contribution is 6.32. The van der Waals surface area contributed by atoms with Gasteiger partial charge in [0, 0.05) is 6.04 Å². The van der Waals surface area contributed by atoms with Crippen LogP contribution in [0.15, 0.2) is 12.1 Å². The van der Waals surface area contributed by atoms with E-state index in [2.05, 4.69) is 10.3 Å². The van der Waals surface area contributed by atoms with Crippen LogP contribution >= 0.6 is 23.2 Å². The highest BCUT2D eigenvalue weighted by Gasteiger charge is 2.42. The van der Waals surface area contributed by atoms with Gasteiger partial charge >= 0.3 is 5.97 Å². The van der Waals surface area contributed by atoms with Gasteiger partial charge in [-0.25, -0.2) is 9.78 Å². The number of hydrogen-bond acceptors (Lipinski definition) is 4. The summed E-state index contributed by atoms with van der Waals surface area (Å²) in [5.74, 6) is 1.17. The molecule has 7 heteroatoms. The fraction of sp³-hybridized carbons (Fsp3) is 0.588. The third kappa shape index (κ3) is 4.01. The number of carbonyl (C=O) groups is 2. The monoisotopic (exact) mass is 370 g/mol. The standard InChI is InChI=1S/C17H20Cl2N2O3/c1-9(13-5-10-2-3-11(13)4-10)20-16(22)8-24-17(23)12-6-14(18)21-15(19)7-12/h6-7,9-11,13H,2-5,8H2,1H3,(H,20,22)/t9-,10+,11+,13+/m1/s1. The molecule has 1 heterocycles. The van der Waals surface area contributed by atoms with Crippen LogP contribution < -0.4 is 5.32 Å². The SMILES string of the molecule is C[C@@H](NC(=O)COC(=O)c1cc(Cl)nc(Cl)c1)[C@@H]1C[C@H]2CC[C@H]1C2. The zero-order chi connectivity index (χ0) is 17.3. The minimum absolute atomic E-state index is 0.101. The van der Waals surface area contributed by atoms with Crippen molar-refractivity contribution in [3.8, 4) is 0 Å². The number of nitrogens with one attached hydrogen (secondary N) is 1. The zero-order valence-electron chi connectivity index (χ0n) is 13.4. The summed E-state index contributed by atoms with van der Waals surface area (Å²) in [4.78, 5) is 27.7. The molecule has 2 aliphatic carbocycles. The molecule has 3 rings (SSSR count). The van der Waals surface area contributed by atoms with Crippen LogP contribution in [-0.4, -0.2) is 29.5 Å². The summed E-state index contributed by atoms with van der Waals surface area (Å²) in [7, 11) is 0. The van der Waals surface area contributed by atoms with Crippen molar-refractivity contribution in [3.05, 3.63) is 28.0 Å². The molecule has 0 radical (unpaired) electrons. The van der Waals surface area contributed by atoms with Gasteiger partial charge in [-0.15, -0.1) is 0 Å². The van der Waals surface area contributed by atoms with Gasteiger partial charge in [-0.2, -0.15) is 0 Å². The molecule has 2 fully saturated rings. The van der Waals surface area contributed by atoms with Gasteiger partial charge < -0.3 is 10.1 Å². The molecule has 130 valence electrons. The molecular weight excluding hydrogens is 351 g/mol. The number of halogens is 2. The Morgan fingerprint density at radius 2 is 2.00 bits per heavy atom. The molecule has 1 aromatic rings. The molecule has 1 N–H and O–H groups in total. The molecule has 0 spiro atoms. The van der Waals surface area contributed by atoms with Crippen molar-refractivity contribution in [2.24, 2.45) is 17.8 Å². The maximum Gasteiger partial charge on any atom is 0.338 e. The van der Waals surface area contributed by atoms with Crippen LogP contribution in [0.2, 0.25) is 10.3 Å². The lowest BCUT2D eigenvalue weighted by molar-refractivity contribution is -0.125. The molecule has 24 heavy (non-hydrogen) atoms. The molecular formula is C17H20Cl2N2O3. The van der Waals surface area contributed by atoms with Gasteiger partial charge in [-0.05, 0) is 56.1 Å². The number of hydrogen-bond donors (Lipinski definition) is 1. The van der Waals surface area contributed by atoms with E-state index in [1.165, 1.54) is 37.8 Å². The Kier molecular flexibility index (Phi) is 5.30. The van der Waals surface area contributed by atoms with E-state index in [4.69, 9.17) is 27.9 Å². The van der Waals surface area contributed by atoms with Crippen LogP contribution in [0.1, 0.15) is 43.0 Å². The molecule has 4 atom stereocenters. The summed E-state index contributed by atoms with van der Waals surface area (Å²) in [5, 5.41) is 3.16. The number of ether oxygens (including phenoxy) is 1. The summed E-state index contributed by atoms with van der Waals surface area (Å²) < 4.78 is 5.03. The van der Waals surface area contributed by atoms with Gasteiger partial charge in [0.05, 0.1) is 5.56 Å². The number of carbonyl (C=O) groups excluding carboxylic acids is 2. The Labute approximate surface area is 151 Å². The third-order valence-electron chi connectivity index (χ3n) is 5.16. The highest BCUT2D eigenvalue weighted by Crippen LogP contribution is 2.49. The minimum atomic E-state index is -0.649. The number of rotatable bonds is 5. The van der Waals surface area contributed by atoms with E-state index in [0.717, 1.165) is 11.8 Å². The van der Waals surface area contributed by atoms with Crippen LogP contribution in [0.5, 0.6) is 0 Å². The first-order chi connectivity index (χ1) is 11.4. The largest absolute Gasteiger partial charge is 0.452 e. The van der Waals surface area contributed by atoms with Crippen molar-refractivity contribution < 1.29 is 14.3 Å². The van der Waals surface area contributed by atoms with Crippen molar-refractivity contribution >= 4 is 35.1 Å². The fourth-order valence-electron chi connectivity index (χ4n) is 4.11. The van der Waals surface area contributed by atoms with Crippen molar-refractivity contribution in [1.82, 2.24) is 10.3 Å². The molecule has 0 saturated heterocycles. The molecule has 5 nitrogen and oxygen atoms in total. The molecule has 0 unspecified atom stereocenters. The molecule has 0 aromatic carbocycles. The normalized spacial score (nSPS) is 26.2. The number of amides is 1. The van der Waals surface area contributed by atoms with Crippen molar-refractivity contribution in [3.63, 3.8) is 0 Å². The maximum absolute atomic E-state index is 12.0. The number of esters is 1. The van der Waals surface area contributed by atoms with E-state index < -0.39 is 5.97 Å². The average Bonchev–Trinajstić information content (AvgIpc) is 3.14. The van der Waals surface area contributed by atoms with Gasteiger partial charge in [0.1, 0.15) is 10.3 Å². The predicted molar refractivity (Wildman–Crippen MR) is 91.1 cm³/mol. The van der Waals surface area contributed by atoms with E-state index in [1.807, 2.05) is 6.92 Å². The Balaban J connectivity index is 1.47. The molecule has 2 bridgehead atoms. The lowest BCUT2D eigenvalue weighted by atomic mass is 9.84. The molecule has 2 aliphatic rings. The first-order valence-electron chi connectivity index (χ1n) is 8.22. The Morgan fingerprint density at radius 3 is 2.58 bits per heavy atom. The summed E-state index contributed by atoms with van der Waals surface area (Å²) >= 11 is 11.5. The van der Waals surface area contributed by atoms with Gasteiger partial charge in [0.2, 0.25) is 0 Å². The van der Waals surface area contributed by atoms with Crippen LogP contribution in [0.4, 0.5) is 0 Å². The van der Waals surface area contributed by atoms with Crippen molar-refractivity contribution in [1.29, 1.82) is 0 Å². The fourth-order valence-corrected chi connectivity index (χ4v) is 4.57. The van der Waals surface area contributed by atoms with Gasteiger partial charge in [-0.1, -0.05) is 29.6 Å². The Morgan fingerprint density at radius 1 is 1.29 bits per heavy atom. The summed E-state index contributed by atoms with van der Waals surface area (Å²) in [6.07, 6.45) is 5.09. The maximum atomic E-state index is 12.0. The number of aromatic nitrogens is 1. The second kappa shape index (κ2) is 7.28. The average molecular weight is 371 g/mol. The zero-order valence-corrected chi connectivity index (χ0v) is 14.9. The van der Waals surface area contributed by atoms with Gasteiger partial charge in [-0.3, -0.25) is 4.79 Å². The number of nitrogens with zero attached hydrogens (tertiary/aromatic N) is 1. The Bertz CT molecular complexity index is 632. The van der Waals surface area contributed by atoms with E-state index in [-0.39, 0.29) is 34.4 Å².